The molecule has 0 radical (unpaired) electrons. The smallest absolute Gasteiger partial charge is 0.312 e. The van der Waals surface area contributed by atoms with Gasteiger partial charge in [-0.25, -0.2) is 0 Å². The number of likely N-dealkylation sites (tertiary alicyclic amines) is 1. The Morgan fingerprint density at radius 2 is 1.89 bits per heavy atom. The van der Waals surface area contributed by atoms with Crippen molar-refractivity contribution in [2.24, 2.45) is 17.3 Å². The largest absolute Gasteiger partial charge is 0.461 e. The van der Waals surface area contributed by atoms with Crippen LogP contribution in [0, 0.1) is 17.3 Å². The Bertz CT molecular complexity index is 931. The van der Waals surface area contributed by atoms with Crippen LogP contribution in [0.15, 0.2) is 25.3 Å². The zero-order valence-electron chi connectivity index (χ0n) is 23.6. The van der Waals surface area contributed by atoms with E-state index in [0.717, 1.165) is 12.8 Å². The van der Waals surface area contributed by atoms with Crippen LogP contribution < -0.4 is 0 Å². The zero-order valence-corrected chi connectivity index (χ0v) is 25.2. The molecular formula is C29H45BrN2O6. The molecule has 2 bridgehead atoms. The predicted octanol–water partition coefficient (Wildman–Crippen LogP) is 3.86. The van der Waals surface area contributed by atoms with E-state index in [2.05, 4.69) is 49.9 Å². The first-order valence-corrected chi connectivity index (χ1v) is 14.6. The van der Waals surface area contributed by atoms with E-state index in [9.17, 15) is 19.5 Å². The van der Waals surface area contributed by atoms with Gasteiger partial charge < -0.3 is 24.4 Å². The lowest BCUT2D eigenvalue weighted by Gasteiger charge is -2.45. The Morgan fingerprint density at radius 1 is 1.21 bits per heavy atom. The number of aliphatic hydroxyl groups is 1. The quantitative estimate of drug-likeness (QED) is 0.150. The fraction of sp³-hybridized carbons (Fsp3) is 0.759. The van der Waals surface area contributed by atoms with Crippen LogP contribution in [0.4, 0.5) is 0 Å². The number of rotatable bonds is 13. The van der Waals surface area contributed by atoms with Crippen LogP contribution in [0.2, 0.25) is 0 Å². The van der Waals surface area contributed by atoms with Crippen LogP contribution >= 0.6 is 15.9 Å². The molecule has 0 saturated carbocycles. The highest BCUT2D eigenvalue weighted by molar-refractivity contribution is 9.09. The second kappa shape index (κ2) is 11.8. The standard InChI is InChI=1S/C29H45BrN2O6/c1-8-13-32(28(6,7)18-27(3,4)5)25(35)23-29-17-19(30)22(38-29)20(26(36)37-16-9-2)21(29)24(34)31(23)14-11-10-12-15-33/h8-9,19-23,33H,1-2,10-18H2,3-7H3/t19?,20-,21-,22-,23?,29?/m0/s1. The third kappa shape index (κ3) is 5.75. The maximum Gasteiger partial charge on any atom is 0.312 e. The Labute approximate surface area is 235 Å². The van der Waals surface area contributed by atoms with E-state index in [1.165, 1.54) is 6.08 Å². The average molecular weight is 598 g/mol. The fourth-order valence-electron chi connectivity index (χ4n) is 7.03. The number of hydrogen-bond acceptors (Lipinski definition) is 6. The summed E-state index contributed by atoms with van der Waals surface area (Å²) >= 11 is 3.69. The monoisotopic (exact) mass is 596 g/mol. The van der Waals surface area contributed by atoms with Crippen molar-refractivity contribution in [2.45, 2.75) is 94.8 Å². The van der Waals surface area contributed by atoms with Crippen molar-refractivity contribution >= 4 is 33.7 Å². The Balaban J connectivity index is 2.06. The Kier molecular flexibility index (Phi) is 9.58. The van der Waals surface area contributed by atoms with Gasteiger partial charge in [0.25, 0.3) is 0 Å². The Hall–Kier alpha value is -1.71. The van der Waals surface area contributed by atoms with E-state index in [1.54, 1.807) is 11.0 Å². The maximum atomic E-state index is 14.6. The molecule has 1 spiro atoms. The minimum atomic E-state index is -1.13. The third-order valence-electron chi connectivity index (χ3n) is 7.97. The number of halogens is 1. The summed E-state index contributed by atoms with van der Waals surface area (Å²) in [6.07, 6.45) is 5.83. The molecule has 0 aliphatic carbocycles. The van der Waals surface area contributed by atoms with Gasteiger partial charge in [0.1, 0.15) is 18.2 Å². The maximum absolute atomic E-state index is 14.6. The first-order chi connectivity index (χ1) is 17.8. The first-order valence-electron chi connectivity index (χ1n) is 13.7. The summed E-state index contributed by atoms with van der Waals surface area (Å²) in [4.78, 5) is 45.1. The van der Waals surface area contributed by atoms with Gasteiger partial charge in [0.2, 0.25) is 11.8 Å². The molecule has 3 fully saturated rings. The van der Waals surface area contributed by atoms with Gasteiger partial charge in [-0.1, -0.05) is 55.4 Å². The first kappa shape index (κ1) is 30.8. The van der Waals surface area contributed by atoms with Gasteiger partial charge in [-0.3, -0.25) is 14.4 Å². The Morgan fingerprint density at radius 3 is 2.47 bits per heavy atom. The molecule has 3 aliphatic heterocycles. The number of nitrogens with zero attached hydrogens (tertiary/aromatic N) is 2. The van der Waals surface area contributed by atoms with Crippen molar-refractivity contribution in [3.8, 4) is 0 Å². The molecule has 1 N–H and O–H groups in total. The lowest BCUT2D eigenvalue weighted by atomic mass is 9.70. The number of hydrogen-bond donors (Lipinski definition) is 1. The topological polar surface area (TPSA) is 96.4 Å². The van der Waals surface area contributed by atoms with Crippen LogP contribution in [0.25, 0.3) is 0 Å². The average Bonchev–Trinajstić information content (AvgIpc) is 3.40. The molecule has 214 valence electrons. The molecule has 9 heteroatoms. The van der Waals surface area contributed by atoms with Crippen molar-refractivity contribution in [3.05, 3.63) is 25.3 Å². The summed E-state index contributed by atoms with van der Waals surface area (Å²) in [6, 6.07) is -0.865. The number of carbonyl (C=O) groups excluding carboxylic acids is 3. The molecule has 3 unspecified atom stereocenters. The van der Waals surface area contributed by atoms with Gasteiger partial charge in [-0.15, -0.1) is 6.58 Å². The molecular weight excluding hydrogens is 552 g/mol. The summed E-state index contributed by atoms with van der Waals surface area (Å²) in [7, 11) is 0. The number of alkyl halides is 1. The van der Waals surface area contributed by atoms with Crippen molar-refractivity contribution in [2.75, 3.05) is 26.3 Å². The lowest BCUT2D eigenvalue weighted by molar-refractivity contribution is -0.155. The van der Waals surface area contributed by atoms with Gasteiger partial charge in [0.05, 0.1) is 17.9 Å². The summed E-state index contributed by atoms with van der Waals surface area (Å²) in [5.41, 5.74) is -1.68. The van der Waals surface area contributed by atoms with E-state index in [0.29, 0.717) is 32.4 Å². The van der Waals surface area contributed by atoms with Crippen LogP contribution in [-0.4, -0.2) is 87.1 Å². The van der Waals surface area contributed by atoms with E-state index >= 15 is 0 Å². The minimum absolute atomic E-state index is 0.0389. The number of fused-ring (bicyclic) bond motifs is 1. The molecule has 3 rings (SSSR count). The number of aliphatic hydroxyl groups excluding tert-OH is 1. The predicted molar refractivity (Wildman–Crippen MR) is 150 cm³/mol. The summed E-state index contributed by atoms with van der Waals surface area (Å²) in [6.45, 7) is 18.8. The highest BCUT2D eigenvalue weighted by Crippen LogP contribution is 2.60. The van der Waals surface area contributed by atoms with Crippen LogP contribution in [0.5, 0.6) is 0 Å². The highest BCUT2D eigenvalue weighted by Gasteiger charge is 2.77. The van der Waals surface area contributed by atoms with E-state index < -0.39 is 41.1 Å². The lowest BCUT2D eigenvalue weighted by Crippen LogP contribution is -2.61. The molecule has 3 aliphatic rings. The summed E-state index contributed by atoms with van der Waals surface area (Å²) in [5, 5.41) is 9.24. The number of amides is 2. The number of unbranched alkanes of at least 4 members (excludes halogenated alkanes) is 2. The SMILES string of the molecule is C=CCOC(=O)[C@H]1[C@H]2C(=O)N(CCCCCO)C(C(=O)N(CC=C)C(C)(C)CC(C)(C)C)C23CC(Br)[C@@H]1O3. The highest BCUT2D eigenvalue weighted by atomic mass is 79.9. The minimum Gasteiger partial charge on any atom is -0.461 e. The van der Waals surface area contributed by atoms with E-state index in [1.807, 2.05) is 18.7 Å². The van der Waals surface area contributed by atoms with Gasteiger partial charge in [0, 0.05) is 30.1 Å². The van der Waals surface area contributed by atoms with Crippen LogP contribution in [0.1, 0.15) is 66.7 Å². The van der Waals surface area contributed by atoms with Gasteiger partial charge >= 0.3 is 5.97 Å². The van der Waals surface area contributed by atoms with Gasteiger partial charge in [0.15, 0.2) is 0 Å². The molecule has 8 nitrogen and oxygen atoms in total. The number of ether oxygens (including phenoxy) is 2. The molecule has 38 heavy (non-hydrogen) atoms. The van der Waals surface area contributed by atoms with Gasteiger partial charge in [-0.05, 0) is 51.4 Å². The molecule has 2 amide bonds. The zero-order chi connectivity index (χ0) is 28.5. The summed E-state index contributed by atoms with van der Waals surface area (Å²) < 4.78 is 12.0. The van der Waals surface area contributed by atoms with Crippen LogP contribution in [-0.2, 0) is 23.9 Å². The molecule has 0 aromatic heterocycles. The second-order valence-electron chi connectivity index (χ2n) is 12.7. The summed E-state index contributed by atoms with van der Waals surface area (Å²) in [5.74, 6) is -2.50. The van der Waals surface area contributed by atoms with Crippen LogP contribution in [0.3, 0.4) is 0 Å². The molecule has 3 saturated heterocycles. The number of esters is 1. The van der Waals surface area contributed by atoms with Crippen molar-refractivity contribution in [3.63, 3.8) is 0 Å². The van der Waals surface area contributed by atoms with Crippen molar-refractivity contribution in [1.82, 2.24) is 9.80 Å². The van der Waals surface area contributed by atoms with Crippen molar-refractivity contribution < 1.29 is 29.0 Å². The number of carbonyl (C=O) groups is 3. The molecule has 0 aromatic rings. The molecule has 3 heterocycles. The van der Waals surface area contributed by atoms with E-state index in [-0.39, 0.29) is 35.3 Å². The second-order valence-corrected chi connectivity index (χ2v) is 13.9. The van der Waals surface area contributed by atoms with E-state index in [4.69, 9.17) is 9.47 Å². The molecule has 6 atom stereocenters. The molecule has 0 aromatic carbocycles. The fourth-order valence-corrected chi connectivity index (χ4v) is 7.97. The third-order valence-corrected chi connectivity index (χ3v) is 8.81. The van der Waals surface area contributed by atoms with Crippen molar-refractivity contribution in [1.29, 1.82) is 0 Å². The normalized spacial score (nSPS) is 30.3. The van der Waals surface area contributed by atoms with Gasteiger partial charge in [-0.2, -0.15) is 0 Å².